The number of hydrogen-bond acceptors (Lipinski definition) is 3. The molecule has 5 heteroatoms. The third kappa shape index (κ3) is 3.24. The monoisotopic (exact) mass is 263 g/mol. The molecule has 0 bridgehead atoms. The fourth-order valence-corrected chi connectivity index (χ4v) is 2.21. The molecule has 0 fully saturated rings. The van der Waals surface area contributed by atoms with Gasteiger partial charge in [0.15, 0.2) is 0 Å². The Morgan fingerprint density at radius 2 is 2.21 bits per heavy atom. The number of carboxylic acids is 1. The topological polar surface area (TPSA) is 75.6 Å². The van der Waals surface area contributed by atoms with E-state index in [1.165, 1.54) is 6.92 Å². The summed E-state index contributed by atoms with van der Waals surface area (Å²) in [6.45, 7) is 2.04. The number of aliphatic carboxylic acids is 1. The van der Waals surface area contributed by atoms with Gasteiger partial charge in [0.2, 0.25) is 5.91 Å². The largest absolute Gasteiger partial charge is 0.493 e. The van der Waals surface area contributed by atoms with Crippen LogP contribution in [0.1, 0.15) is 31.2 Å². The molecule has 0 spiro atoms. The fraction of sp³-hybridized carbons (Fsp3) is 0.429. The summed E-state index contributed by atoms with van der Waals surface area (Å²) in [5.41, 5.74) is 1.02. The quantitative estimate of drug-likeness (QED) is 0.863. The number of rotatable bonds is 4. The number of carbonyl (C=O) groups is 2. The molecule has 0 saturated carbocycles. The average Bonchev–Trinajstić information content (AvgIpc) is 2.39. The summed E-state index contributed by atoms with van der Waals surface area (Å²) in [6.07, 6.45) is 1.06. The molecule has 0 unspecified atom stereocenters. The Balaban J connectivity index is 2.01. The number of nitrogens with one attached hydrogen (secondary N) is 1. The minimum absolute atomic E-state index is 0.0888. The number of ether oxygens (including phenoxy) is 1. The molecule has 0 radical (unpaired) electrons. The van der Waals surface area contributed by atoms with E-state index >= 15 is 0 Å². The van der Waals surface area contributed by atoms with Crippen LogP contribution >= 0.6 is 0 Å². The van der Waals surface area contributed by atoms with Crippen LogP contribution in [-0.2, 0) is 9.59 Å². The first-order valence-electron chi connectivity index (χ1n) is 6.32. The minimum Gasteiger partial charge on any atom is -0.493 e. The van der Waals surface area contributed by atoms with Gasteiger partial charge in [-0.25, -0.2) is 0 Å². The molecule has 1 aliphatic heterocycles. The summed E-state index contributed by atoms with van der Waals surface area (Å²) in [4.78, 5) is 22.5. The standard InChI is InChI=1S/C14H17NO4/c1-9(14(17)18)15-13(16)8-10-6-7-19-12-5-3-2-4-11(10)12/h2-5,9-10H,6-8H2,1H3,(H,15,16)(H,17,18)/t9-,10+/m0/s1. The van der Waals surface area contributed by atoms with Crippen molar-refractivity contribution in [3.05, 3.63) is 29.8 Å². The average molecular weight is 263 g/mol. The molecule has 0 saturated heterocycles. The predicted octanol–water partition coefficient (Wildman–Crippen LogP) is 1.53. The van der Waals surface area contributed by atoms with Crippen LogP contribution in [0, 0.1) is 0 Å². The molecular formula is C14H17NO4. The van der Waals surface area contributed by atoms with Crippen LogP contribution in [-0.4, -0.2) is 29.6 Å². The Morgan fingerprint density at radius 3 is 2.95 bits per heavy atom. The minimum atomic E-state index is -1.03. The van der Waals surface area contributed by atoms with E-state index < -0.39 is 12.0 Å². The van der Waals surface area contributed by atoms with Crippen LogP contribution in [0.4, 0.5) is 0 Å². The lowest BCUT2D eigenvalue weighted by atomic mass is 9.90. The maximum Gasteiger partial charge on any atom is 0.325 e. The Kier molecular flexibility index (Phi) is 4.04. The van der Waals surface area contributed by atoms with Gasteiger partial charge in [0, 0.05) is 6.42 Å². The van der Waals surface area contributed by atoms with E-state index in [9.17, 15) is 9.59 Å². The number of amides is 1. The zero-order valence-electron chi connectivity index (χ0n) is 10.8. The van der Waals surface area contributed by atoms with Crippen molar-refractivity contribution in [3.8, 4) is 5.75 Å². The first-order valence-corrected chi connectivity index (χ1v) is 6.32. The third-order valence-electron chi connectivity index (χ3n) is 3.26. The third-order valence-corrected chi connectivity index (χ3v) is 3.26. The summed E-state index contributed by atoms with van der Waals surface area (Å²) in [5, 5.41) is 11.2. The van der Waals surface area contributed by atoms with Gasteiger partial charge in [-0.2, -0.15) is 0 Å². The van der Waals surface area contributed by atoms with E-state index in [0.717, 1.165) is 17.7 Å². The zero-order valence-corrected chi connectivity index (χ0v) is 10.8. The molecule has 0 aliphatic carbocycles. The van der Waals surface area contributed by atoms with E-state index in [2.05, 4.69) is 5.32 Å². The summed E-state index contributed by atoms with van der Waals surface area (Å²) in [7, 11) is 0. The van der Waals surface area contributed by atoms with Gasteiger partial charge in [-0.15, -0.1) is 0 Å². The van der Waals surface area contributed by atoms with E-state index in [0.29, 0.717) is 6.61 Å². The summed E-state index contributed by atoms with van der Waals surface area (Å²) in [6, 6.07) is 6.79. The van der Waals surface area contributed by atoms with Gasteiger partial charge in [-0.1, -0.05) is 18.2 Å². The molecule has 2 rings (SSSR count). The van der Waals surface area contributed by atoms with Crippen LogP contribution in [0.25, 0.3) is 0 Å². The highest BCUT2D eigenvalue weighted by Crippen LogP contribution is 2.35. The number of benzene rings is 1. The van der Waals surface area contributed by atoms with Crippen LogP contribution in [0.2, 0.25) is 0 Å². The Labute approximate surface area is 111 Å². The number of hydrogen-bond donors (Lipinski definition) is 2. The van der Waals surface area contributed by atoms with Crippen molar-refractivity contribution in [1.29, 1.82) is 0 Å². The smallest absolute Gasteiger partial charge is 0.325 e. The number of para-hydroxylation sites is 1. The molecular weight excluding hydrogens is 246 g/mol. The van der Waals surface area contributed by atoms with Crippen molar-refractivity contribution in [3.63, 3.8) is 0 Å². The molecule has 2 N–H and O–H groups in total. The maximum absolute atomic E-state index is 11.8. The van der Waals surface area contributed by atoms with Crippen molar-refractivity contribution < 1.29 is 19.4 Å². The predicted molar refractivity (Wildman–Crippen MR) is 69.2 cm³/mol. The SMILES string of the molecule is C[C@H](NC(=O)C[C@H]1CCOc2ccccc21)C(=O)O. The Hall–Kier alpha value is -2.04. The van der Waals surface area contributed by atoms with Crippen molar-refractivity contribution in [1.82, 2.24) is 5.32 Å². The molecule has 5 nitrogen and oxygen atoms in total. The second-order valence-corrected chi connectivity index (χ2v) is 4.70. The lowest BCUT2D eigenvalue weighted by Crippen LogP contribution is -2.39. The molecule has 2 atom stereocenters. The normalized spacial score (nSPS) is 18.9. The van der Waals surface area contributed by atoms with Crippen molar-refractivity contribution in [2.75, 3.05) is 6.61 Å². The number of fused-ring (bicyclic) bond motifs is 1. The molecule has 102 valence electrons. The van der Waals surface area contributed by atoms with E-state index in [4.69, 9.17) is 9.84 Å². The molecule has 1 aliphatic rings. The summed E-state index contributed by atoms with van der Waals surface area (Å²) < 4.78 is 5.53. The fourth-order valence-electron chi connectivity index (χ4n) is 2.21. The first-order chi connectivity index (χ1) is 9.08. The second kappa shape index (κ2) is 5.73. The zero-order chi connectivity index (χ0) is 13.8. The Bertz CT molecular complexity index is 486. The van der Waals surface area contributed by atoms with Crippen molar-refractivity contribution >= 4 is 11.9 Å². The van der Waals surface area contributed by atoms with E-state index in [1.807, 2.05) is 24.3 Å². The van der Waals surface area contributed by atoms with Gasteiger partial charge in [-0.3, -0.25) is 9.59 Å². The number of carboxylic acid groups (broad SMARTS) is 1. The van der Waals surface area contributed by atoms with Crippen molar-refractivity contribution in [2.24, 2.45) is 0 Å². The van der Waals surface area contributed by atoms with Gasteiger partial charge in [0.1, 0.15) is 11.8 Å². The second-order valence-electron chi connectivity index (χ2n) is 4.70. The molecule has 1 aromatic carbocycles. The van der Waals surface area contributed by atoms with Crippen LogP contribution in [0.15, 0.2) is 24.3 Å². The van der Waals surface area contributed by atoms with Gasteiger partial charge in [-0.05, 0) is 30.9 Å². The lowest BCUT2D eigenvalue weighted by molar-refractivity contribution is -0.141. The lowest BCUT2D eigenvalue weighted by Gasteiger charge is -2.25. The number of carbonyl (C=O) groups excluding carboxylic acids is 1. The van der Waals surface area contributed by atoms with Crippen LogP contribution in [0.3, 0.4) is 0 Å². The molecule has 19 heavy (non-hydrogen) atoms. The first kappa shape index (κ1) is 13.4. The van der Waals surface area contributed by atoms with E-state index in [1.54, 1.807) is 0 Å². The van der Waals surface area contributed by atoms with E-state index in [-0.39, 0.29) is 18.2 Å². The summed E-state index contributed by atoms with van der Waals surface area (Å²) >= 11 is 0. The summed E-state index contributed by atoms with van der Waals surface area (Å²) in [5.74, 6) is -0.360. The molecule has 0 aromatic heterocycles. The van der Waals surface area contributed by atoms with Crippen LogP contribution in [0.5, 0.6) is 5.75 Å². The maximum atomic E-state index is 11.8. The molecule has 1 heterocycles. The van der Waals surface area contributed by atoms with Gasteiger partial charge < -0.3 is 15.2 Å². The Morgan fingerprint density at radius 1 is 1.47 bits per heavy atom. The van der Waals surface area contributed by atoms with Gasteiger partial charge in [0.05, 0.1) is 6.61 Å². The van der Waals surface area contributed by atoms with Crippen molar-refractivity contribution in [2.45, 2.75) is 31.7 Å². The molecule has 1 amide bonds. The molecule has 1 aromatic rings. The van der Waals surface area contributed by atoms with Crippen LogP contribution < -0.4 is 10.1 Å². The highest BCUT2D eigenvalue weighted by molar-refractivity contribution is 5.83. The highest BCUT2D eigenvalue weighted by Gasteiger charge is 2.24. The van der Waals surface area contributed by atoms with Gasteiger partial charge >= 0.3 is 5.97 Å². The highest BCUT2D eigenvalue weighted by atomic mass is 16.5. The van der Waals surface area contributed by atoms with Gasteiger partial charge in [0.25, 0.3) is 0 Å².